The molecule has 0 radical (unpaired) electrons. The van der Waals surface area contributed by atoms with Crippen molar-refractivity contribution in [3.05, 3.63) is 77.7 Å². The van der Waals surface area contributed by atoms with Crippen molar-refractivity contribution in [1.29, 1.82) is 0 Å². The van der Waals surface area contributed by atoms with Crippen molar-refractivity contribution in [3.8, 4) is 34.0 Å². The molecule has 1 saturated heterocycles. The van der Waals surface area contributed by atoms with Gasteiger partial charge in [-0.15, -0.1) is 0 Å². The zero-order chi connectivity index (χ0) is 31.4. The standard InChI is InChI=1S/C34H38N4O6/c1-21-17-25(32-35-22(2)44-37-32)11-13-28(21)24-9-7-23(8-10-24)18-31(39)36-26-12-14-29(41-6)30(19-26)42-20-27-15-16-38(27)33(40)43-34(3,4)5/h7-14,17,19,27H,15-16,18,20H2,1-6H3,(H,36,39). The summed E-state index contributed by atoms with van der Waals surface area (Å²) in [5, 5.41) is 6.95. The molecule has 2 heterocycles. The third kappa shape index (κ3) is 7.37. The molecule has 4 aromatic rings. The lowest BCUT2D eigenvalue weighted by molar-refractivity contribution is -0.115. The molecule has 0 spiro atoms. The van der Waals surface area contributed by atoms with E-state index in [0.29, 0.717) is 42.1 Å². The SMILES string of the molecule is COc1ccc(NC(=O)Cc2ccc(-c3ccc(-c4noc(C)n4)cc3C)cc2)cc1OCC1CCN1C(=O)OC(C)(C)C. The summed E-state index contributed by atoms with van der Waals surface area (Å²) < 4.78 is 22.1. The van der Waals surface area contributed by atoms with Gasteiger partial charge in [0, 0.05) is 30.8 Å². The minimum Gasteiger partial charge on any atom is -0.493 e. The van der Waals surface area contributed by atoms with Gasteiger partial charge in [-0.05, 0) is 74.6 Å². The van der Waals surface area contributed by atoms with Gasteiger partial charge in [0.25, 0.3) is 0 Å². The Morgan fingerprint density at radius 1 is 1.00 bits per heavy atom. The maximum Gasteiger partial charge on any atom is 0.410 e. The van der Waals surface area contributed by atoms with E-state index in [1.165, 1.54) is 0 Å². The first kappa shape index (κ1) is 30.6. The molecule has 10 nitrogen and oxygen atoms in total. The van der Waals surface area contributed by atoms with Crippen LogP contribution in [0.3, 0.4) is 0 Å². The summed E-state index contributed by atoms with van der Waals surface area (Å²) in [5.41, 5.74) is 5.05. The number of aryl methyl sites for hydroxylation is 2. The molecule has 1 aliphatic heterocycles. The molecule has 44 heavy (non-hydrogen) atoms. The Morgan fingerprint density at radius 2 is 1.75 bits per heavy atom. The van der Waals surface area contributed by atoms with E-state index < -0.39 is 5.60 Å². The highest BCUT2D eigenvalue weighted by Crippen LogP contribution is 2.32. The molecule has 0 bridgehead atoms. The second-order valence-electron chi connectivity index (χ2n) is 11.9. The number of methoxy groups -OCH3 is 1. The maximum atomic E-state index is 12.9. The van der Waals surface area contributed by atoms with Gasteiger partial charge in [-0.25, -0.2) is 4.79 Å². The largest absolute Gasteiger partial charge is 0.493 e. The number of rotatable bonds is 9. The number of nitrogens with one attached hydrogen (secondary N) is 1. The van der Waals surface area contributed by atoms with Gasteiger partial charge in [0.2, 0.25) is 17.6 Å². The molecule has 1 aliphatic rings. The van der Waals surface area contributed by atoms with Gasteiger partial charge in [0.05, 0.1) is 19.6 Å². The molecular formula is C34H38N4O6. The van der Waals surface area contributed by atoms with Crippen molar-refractivity contribution in [3.63, 3.8) is 0 Å². The van der Waals surface area contributed by atoms with E-state index in [9.17, 15) is 9.59 Å². The van der Waals surface area contributed by atoms with Crippen LogP contribution in [0.5, 0.6) is 11.5 Å². The summed E-state index contributed by atoms with van der Waals surface area (Å²) >= 11 is 0. The van der Waals surface area contributed by atoms with Crippen LogP contribution in [-0.4, -0.2) is 58.9 Å². The van der Waals surface area contributed by atoms with Crippen LogP contribution in [0.1, 0.15) is 44.2 Å². The summed E-state index contributed by atoms with van der Waals surface area (Å²) in [5.74, 6) is 1.97. The smallest absolute Gasteiger partial charge is 0.410 e. The fourth-order valence-electron chi connectivity index (χ4n) is 4.96. The van der Waals surface area contributed by atoms with Gasteiger partial charge in [-0.2, -0.15) is 4.98 Å². The zero-order valence-corrected chi connectivity index (χ0v) is 26.0. The van der Waals surface area contributed by atoms with Crippen molar-refractivity contribution in [2.75, 3.05) is 25.6 Å². The van der Waals surface area contributed by atoms with E-state index in [1.807, 2.05) is 70.2 Å². The minimum absolute atomic E-state index is 0.0905. The van der Waals surface area contributed by atoms with Crippen LogP contribution < -0.4 is 14.8 Å². The molecule has 1 atom stereocenters. The third-order valence-electron chi connectivity index (χ3n) is 7.29. The number of hydrogen-bond donors (Lipinski definition) is 1. The monoisotopic (exact) mass is 598 g/mol. The van der Waals surface area contributed by atoms with E-state index in [2.05, 4.69) is 15.5 Å². The number of carbonyl (C=O) groups is 2. The fourth-order valence-corrected chi connectivity index (χ4v) is 4.96. The highest BCUT2D eigenvalue weighted by atomic mass is 16.6. The second kappa shape index (κ2) is 12.8. The number of ether oxygens (including phenoxy) is 3. The first-order chi connectivity index (χ1) is 21.0. The van der Waals surface area contributed by atoms with Crippen LogP contribution in [-0.2, 0) is 16.0 Å². The van der Waals surface area contributed by atoms with Crippen LogP contribution in [0.25, 0.3) is 22.5 Å². The van der Waals surface area contributed by atoms with Crippen LogP contribution in [0.2, 0.25) is 0 Å². The summed E-state index contributed by atoms with van der Waals surface area (Å²) in [7, 11) is 1.56. The van der Waals surface area contributed by atoms with Gasteiger partial charge >= 0.3 is 6.09 Å². The highest BCUT2D eigenvalue weighted by molar-refractivity contribution is 5.92. The Morgan fingerprint density at radius 3 is 2.36 bits per heavy atom. The average Bonchev–Trinajstić information content (AvgIpc) is 3.38. The number of hydrogen-bond acceptors (Lipinski definition) is 8. The Bertz CT molecular complexity index is 1640. The van der Waals surface area contributed by atoms with Gasteiger partial charge in [0.15, 0.2) is 11.5 Å². The minimum atomic E-state index is -0.557. The van der Waals surface area contributed by atoms with E-state index in [4.69, 9.17) is 18.7 Å². The summed E-state index contributed by atoms with van der Waals surface area (Å²) in [6.45, 7) is 10.3. The van der Waals surface area contributed by atoms with Crippen molar-refractivity contribution in [2.24, 2.45) is 0 Å². The lowest BCUT2D eigenvalue weighted by Gasteiger charge is -2.41. The number of anilines is 1. The van der Waals surface area contributed by atoms with Crippen molar-refractivity contribution >= 4 is 17.7 Å². The first-order valence-corrected chi connectivity index (χ1v) is 14.6. The number of aromatic nitrogens is 2. The first-order valence-electron chi connectivity index (χ1n) is 14.6. The molecule has 0 aliphatic carbocycles. The molecule has 230 valence electrons. The molecule has 3 aromatic carbocycles. The Hall–Kier alpha value is -4.86. The molecule has 10 heteroatoms. The Labute approximate surface area is 257 Å². The lowest BCUT2D eigenvalue weighted by atomic mass is 9.97. The topological polar surface area (TPSA) is 116 Å². The molecule has 1 unspecified atom stereocenters. The number of carbonyl (C=O) groups excluding carboxylic acids is 2. The van der Waals surface area contributed by atoms with Crippen molar-refractivity contribution in [1.82, 2.24) is 15.0 Å². The average molecular weight is 599 g/mol. The van der Waals surface area contributed by atoms with E-state index in [1.54, 1.807) is 37.1 Å². The fraction of sp³-hybridized carbons (Fsp3) is 0.353. The predicted molar refractivity (Wildman–Crippen MR) is 167 cm³/mol. The van der Waals surface area contributed by atoms with Crippen molar-refractivity contribution in [2.45, 2.75) is 59.1 Å². The normalized spacial score (nSPS) is 14.5. The predicted octanol–water partition coefficient (Wildman–Crippen LogP) is 6.60. The quantitative estimate of drug-likeness (QED) is 0.229. The van der Waals surface area contributed by atoms with E-state index >= 15 is 0 Å². The molecule has 5 rings (SSSR count). The van der Waals surface area contributed by atoms with E-state index in [0.717, 1.165) is 34.2 Å². The number of amides is 2. The summed E-state index contributed by atoms with van der Waals surface area (Å²) in [6.07, 6.45) is 0.688. The summed E-state index contributed by atoms with van der Waals surface area (Å²) in [4.78, 5) is 31.3. The van der Waals surface area contributed by atoms with Crippen LogP contribution in [0.4, 0.5) is 10.5 Å². The highest BCUT2D eigenvalue weighted by Gasteiger charge is 2.35. The zero-order valence-electron chi connectivity index (χ0n) is 26.0. The van der Waals surface area contributed by atoms with Crippen LogP contribution in [0.15, 0.2) is 65.2 Å². The van der Waals surface area contributed by atoms with E-state index in [-0.39, 0.29) is 24.5 Å². The molecule has 0 saturated carbocycles. The van der Waals surface area contributed by atoms with Crippen LogP contribution in [0, 0.1) is 13.8 Å². The number of likely N-dealkylation sites (tertiary alicyclic amines) is 1. The van der Waals surface area contributed by atoms with Crippen molar-refractivity contribution < 1.29 is 28.3 Å². The van der Waals surface area contributed by atoms with Gasteiger partial charge in [-0.3, -0.25) is 4.79 Å². The third-order valence-corrected chi connectivity index (χ3v) is 7.29. The lowest BCUT2D eigenvalue weighted by Crippen LogP contribution is -2.55. The maximum absolute atomic E-state index is 12.9. The Kier molecular flexibility index (Phi) is 8.89. The van der Waals surface area contributed by atoms with Gasteiger partial charge in [-0.1, -0.05) is 41.6 Å². The summed E-state index contributed by atoms with van der Waals surface area (Å²) in [6, 6.07) is 19.2. The number of benzene rings is 3. The molecule has 1 aromatic heterocycles. The van der Waals surface area contributed by atoms with Crippen LogP contribution >= 0.6 is 0 Å². The van der Waals surface area contributed by atoms with Gasteiger partial charge in [0.1, 0.15) is 12.2 Å². The molecule has 1 N–H and O–H groups in total. The molecule has 1 fully saturated rings. The van der Waals surface area contributed by atoms with Gasteiger partial charge < -0.3 is 29.0 Å². The Balaban J connectivity index is 1.18. The second-order valence-corrected chi connectivity index (χ2v) is 11.9. The molecule has 2 amide bonds. The number of nitrogens with zero attached hydrogens (tertiary/aromatic N) is 3. The molecular weight excluding hydrogens is 560 g/mol.